The van der Waals surface area contributed by atoms with Gasteiger partial charge in [-0.2, -0.15) is 4.31 Å². The second kappa shape index (κ2) is 8.80. The molecule has 0 aromatic heterocycles. The zero-order valence-electron chi connectivity index (χ0n) is 17.6. The van der Waals surface area contributed by atoms with Crippen molar-refractivity contribution in [3.8, 4) is 0 Å². The summed E-state index contributed by atoms with van der Waals surface area (Å²) in [7, 11) is -3.56. The van der Waals surface area contributed by atoms with Gasteiger partial charge in [0.25, 0.3) is 0 Å². The van der Waals surface area contributed by atoms with Gasteiger partial charge in [0.05, 0.1) is 4.90 Å². The summed E-state index contributed by atoms with van der Waals surface area (Å²) in [6, 6.07) is 13.9. The standard InChI is InChI=1S/C23H27N3O4S/c1-17-11-13-25(14-12-17)31(29,30)20-8-9-21-18(15-20)7-10-23(28)26(21)16-22(27)24-19-5-3-2-4-6-19/h2-6,8-9,15,17H,7,10-14,16H2,1H3,(H,24,27). The highest BCUT2D eigenvalue weighted by molar-refractivity contribution is 7.89. The van der Waals surface area contributed by atoms with Crippen LogP contribution in [0.4, 0.5) is 11.4 Å². The van der Waals surface area contributed by atoms with E-state index in [1.54, 1.807) is 34.6 Å². The van der Waals surface area contributed by atoms with Crippen LogP contribution in [0.5, 0.6) is 0 Å². The van der Waals surface area contributed by atoms with Crippen molar-refractivity contribution in [2.45, 2.75) is 37.5 Å². The maximum Gasteiger partial charge on any atom is 0.244 e. The molecule has 8 heteroatoms. The molecule has 164 valence electrons. The number of aryl methyl sites for hydroxylation is 1. The van der Waals surface area contributed by atoms with Crippen LogP contribution in [0.15, 0.2) is 53.4 Å². The van der Waals surface area contributed by atoms with E-state index in [9.17, 15) is 18.0 Å². The highest BCUT2D eigenvalue weighted by Crippen LogP contribution is 2.32. The molecule has 0 bridgehead atoms. The predicted molar refractivity (Wildman–Crippen MR) is 119 cm³/mol. The van der Waals surface area contributed by atoms with Crippen molar-refractivity contribution in [2.24, 2.45) is 5.92 Å². The first-order valence-corrected chi connectivity index (χ1v) is 12.1. The number of carbonyl (C=O) groups excluding carboxylic acids is 2. The van der Waals surface area contributed by atoms with E-state index in [-0.39, 0.29) is 29.7 Å². The molecule has 4 rings (SSSR count). The van der Waals surface area contributed by atoms with Gasteiger partial charge in [-0.1, -0.05) is 25.1 Å². The van der Waals surface area contributed by atoms with Crippen LogP contribution < -0.4 is 10.2 Å². The van der Waals surface area contributed by atoms with E-state index >= 15 is 0 Å². The van der Waals surface area contributed by atoms with Crippen molar-refractivity contribution in [1.29, 1.82) is 0 Å². The lowest BCUT2D eigenvalue weighted by Gasteiger charge is -2.31. The number of nitrogens with one attached hydrogen (secondary N) is 1. The number of para-hydroxylation sites is 1. The van der Waals surface area contributed by atoms with E-state index in [4.69, 9.17) is 0 Å². The SMILES string of the molecule is CC1CCN(S(=O)(=O)c2ccc3c(c2)CCC(=O)N3CC(=O)Nc2ccccc2)CC1. The van der Waals surface area contributed by atoms with Gasteiger partial charge in [-0.05, 0) is 61.1 Å². The van der Waals surface area contributed by atoms with Crippen molar-refractivity contribution < 1.29 is 18.0 Å². The van der Waals surface area contributed by atoms with E-state index in [1.165, 1.54) is 4.90 Å². The number of nitrogens with zero attached hydrogens (tertiary/aromatic N) is 2. The first kappa shape index (κ1) is 21.5. The number of amides is 2. The normalized spacial score (nSPS) is 18.0. The highest BCUT2D eigenvalue weighted by Gasteiger charge is 2.31. The number of hydrogen-bond acceptors (Lipinski definition) is 4. The number of anilines is 2. The summed E-state index contributed by atoms with van der Waals surface area (Å²) in [5.74, 6) is 0.0967. The Labute approximate surface area is 183 Å². The van der Waals surface area contributed by atoms with Gasteiger partial charge in [-0.25, -0.2) is 8.42 Å². The molecule has 2 heterocycles. The second-order valence-electron chi connectivity index (χ2n) is 8.27. The lowest BCUT2D eigenvalue weighted by atomic mass is 10.0. The molecule has 1 saturated heterocycles. The summed E-state index contributed by atoms with van der Waals surface area (Å²) in [6.07, 6.45) is 2.44. The van der Waals surface area contributed by atoms with Crippen LogP contribution in [0, 0.1) is 5.92 Å². The molecule has 0 aliphatic carbocycles. The highest BCUT2D eigenvalue weighted by atomic mass is 32.2. The van der Waals surface area contributed by atoms with E-state index in [0.29, 0.717) is 36.8 Å². The van der Waals surface area contributed by atoms with Crippen LogP contribution in [0.2, 0.25) is 0 Å². The van der Waals surface area contributed by atoms with E-state index in [2.05, 4.69) is 12.2 Å². The fourth-order valence-corrected chi connectivity index (χ4v) is 5.63. The fraction of sp³-hybridized carbons (Fsp3) is 0.391. The molecule has 1 fully saturated rings. The van der Waals surface area contributed by atoms with Crippen LogP contribution in [-0.2, 0) is 26.0 Å². The summed E-state index contributed by atoms with van der Waals surface area (Å²) in [6.45, 7) is 3.09. The van der Waals surface area contributed by atoms with Crippen molar-refractivity contribution in [3.05, 3.63) is 54.1 Å². The zero-order chi connectivity index (χ0) is 22.0. The molecule has 7 nitrogen and oxygen atoms in total. The molecule has 2 aromatic rings. The number of carbonyl (C=O) groups is 2. The van der Waals surface area contributed by atoms with Gasteiger partial charge in [0.2, 0.25) is 21.8 Å². The smallest absolute Gasteiger partial charge is 0.244 e. The molecular formula is C23H27N3O4S. The molecule has 0 radical (unpaired) electrons. The Bertz CT molecular complexity index is 1080. The maximum absolute atomic E-state index is 13.1. The second-order valence-corrected chi connectivity index (χ2v) is 10.2. The molecular weight excluding hydrogens is 414 g/mol. The van der Waals surface area contributed by atoms with E-state index < -0.39 is 10.0 Å². The monoisotopic (exact) mass is 441 g/mol. The Morgan fingerprint density at radius 2 is 1.77 bits per heavy atom. The summed E-state index contributed by atoms with van der Waals surface area (Å²) < 4.78 is 27.7. The van der Waals surface area contributed by atoms with Gasteiger partial charge in [0.15, 0.2) is 0 Å². The third-order valence-electron chi connectivity index (χ3n) is 5.99. The molecule has 2 amide bonds. The molecule has 0 atom stereocenters. The Morgan fingerprint density at radius 1 is 1.06 bits per heavy atom. The van der Waals surface area contributed by atoms with Crippen molar-refractivity contribution in [3.63, 3.8) is 0 Å². The summed E-state index contributed by atoms with van der Waals surface area (Å²) in [5, 5.41) is 2.79. The molecule has 1 N–H and O–H groups in total. The van der Waals surface area contributed by atoms with Gasteiger partial charge in [0.1, 0.15) is 6.54 Å². The number of benzene rings is 2. The van der Waals surface area contributed by atoms with Gasteiger partial charge >= 0.3 is 0 Å². The number of hydrogen-bond donors (Lipinski definition) is 1. The van der Waals surface area contributed by atoms with Gasteiger partial charge < -0.3 is 10.2 Å². The zero-order valence-corrected chi connectivity index (χ0v) is 18.4. The Balaban J connectivity index is 1.53. The van der Waals surface area contributed by atoms with Crippen molar-refractivity contribution in [2.75, 3.05) is 29.9 Å². The largest absolute Gasteiger partial charge is 0.325 e. The van der Waals surface area contributed by atoms with Crippen LogP contribution in [-0.4, -0.2) is 44.2 Å². The fourth-order valence-electron chi connectivity index (χ4n) is 4.11. The third kappa shape index (κ3) is 4.65. The summed E-state index contributed by atoms with van der Waals surface area (Å²) >= 11 is 0. The van der Waals surface area contributed by atoms with Crippen molar-refractivity contribution in [1.82, 2.24) is 4.31 Å². The number of sulfonamides is 1. The number of rotatable bonds is 5. The Hall–Kier alpha value is -2.71. The van der Waals surface area contributed by atoms with Crippen molar-refractivity contribution >= 4 is 33.2 Å². The molecule has 0 unspecified atom stereocenters. The minimum absolute atomic E-state index is 0.114. The molecule has 2 aromatic carbocycles. The first-order valence-electron chi connectivity index (χ1n) is 10.6. The minimum atomic E-state index is -3.56. The minimum Gasteiger partial charge on any atom is -0.325 e. The average molecular weight is 442 g/mol. The Kier molecular flexibility index (Phi) is 6.11. The molecule has 2 aliphatic heterocycles. The van der Waals surface area contributed by atoms with Gasteiger partial charge in [0, 0.05) is 30.9 Å². The number of fused-ring (bicyclic) bond motifs is 1. The van der Waals surface area contributed by atoms with Crippen LogP contribution in [0.25, 0.3) is 0 Å². The molecule has 31 heavy (non-hydrogen) atoms. The van der Waals surface area contributed by atoms with Gasteiger partial charge in [-0.15, -0.1) is 0 Å². The van der Waals surface area contributed by atoms with E-state index in [0.717, 1.165) is 18.4 Å². The average Bonchev–Trinajstić information content (AvgIpc) is 2.76. The maximum atomic E-state index is 13.1. The first-order chi connectivity index (χ1) is 14.8. The molecule has 0 spiro atoms. The van der Waals surface area contributed by atoms with Crippen LogP contribution >= 0.6 is 0 Å². The molecule has 0 saturated carbocycles. The Morgan fingerprint density at radius 3 is 2.48 bits per heavy atom. The summed E-state index contributed by atoms with van der Waals surface area (Å²) in [5.41, 5.74) is 2.04. The third-order valence-corrected chi connectivity index (χ3v) is 7.89. The quantitative estimate of drug-likeness (QED) is 0.773. The topological polar surface area (TPSA) is 86.8 Å². The summed E-state index contributed by atoms with van der Waals surface area (Å²) in [4.78, 5) is 26.7. The number of piperidine rings is 1. The van der Waals surface area contributed by atoms with Gasteiger partial charge in [-0.3, -0.25) is 9.59 Å². The predicted octanol–water partition coefficient (Wildman–Crippen LogP) is 3.03. The lowest BCUT2D eigenvalue weighted by molar-refractivity contribution is -0.121. The lowest BCUT2D eigenvalue weighted by Crippen LogP contribution is -2.41. The van der Waals surface area contributed by atoms with Crippen LogP contribution in [0.1, 0.15) is 31.7 Å². The molecule has 2 aliphatic rings. The van der Waals surface area contributed by atoms with Crippen LogP contribution in [0.3, 0.4) is 0 Å². The van der Waals surface area contributed by atoms with E-state index in [1.807, 2.05) is 18.2 Å².